The molecule has 2 aliphatic carbocycles. The number of carbonyl (C=O) groups excluding carboxylic acids is 4. The summed E-state index contributed by atoms with van der Waals surface area (Å²) >= 11 is 6.31. The first kappa shape index (κ1) is 28.5. The summed E-state index contributed by atoms with van der Waals surface area (Å²) < 4.78 is 15.1. The minimum atomic E-state index is -1.49. The molecule has 7 rings (SSSR count). The van der Waals surface area contributed by atoms with Gasteiger partial charge in [-0.1, -0.05) is 72.6 Å². The molecule has 3 fully saturated rings. The van der Waals surface area contributed by atoms with Crippen molar-refractivity contribution in [2.45, 2.75) is 37.5 Å². The van der Waals surface area contributed by atoms with E-state index in [-0.39, 0.29) is 18.2 Å². The monoisotopic (exact) mass is 612 g/mol. The number of hydrogen-bond acceptors (Lipinski definition) is 5. The van der Waals surface area contributed by atoms with Crippen LogP contribution in [0, 0.1) is 29.5 Å². The van der Waals surface area contributed by atoms with E-state index >= 15 is 9.18 Å². The molecule has 4 aliphatic rings. The van der Waals surface area contributed by atoms with Crippen LogP contribution in [-0.2, 0) is 24.6 Å². The maximum atomic E-state index is 15.1. The number of likely N-dealkylation sites (tertiary alicyclic amines) is 1. The molecular weight excluding hydrogens is 583 g/mol. The number of hydrogen-bond donors (Lipinski definition) is 1. The van der Waals surface area contributed by atoms with Gasteiger partial charge >= 0.3 is 0 Å². The predicted molar refractivity (Wildman–Crippen MR) is 161 cm³/mol. The van der Waals surface area contributed by atoms with Crippen molar-refractivity contribution in [1.29, 1.82) is 0 Å². The van der Waals surface area contributed by atoms with Crippen LogP contribution in [0.2, 0.25) is 5.02 Å². The standard InChI is InChI=1S/C35H30ClFN2O5/c1-2-15-38-31(41)24-13-12-23-25(29(24)33(38)43)18-26-32(42)39(22-10-6-9-21(36)17-22)34(44)35(26,20-7-4-3-5-8-20)30(23)19-11-14-28(40)27(37)16-19/h3-12,14,16-17,24-26,29-30,40H,2,13,15,18H2,1H3. The Balaban J connectivity index is 1.49. The van der Waals surface area contributed by atoms with Crippen molar-refractivity contribution in [2.75, 3.05) is 11.4 Å². The van der Waals surface area contributed by atoms with E-state index in [2.05, 4.69) is 0 Å². The third-order valence-electron chi connectivity index (χ3n) is 10.0. The van der Waals surface area contributed by atoms with Gasteiger partial charge in [0.05, 0.1) is 28.9 Å². The number of carbonyl (C=O) groups is 4. The lowest BCUT2D eigenvalue weighted by Crippen LogP contribution is -2.53. The average Bonchev–Trinajstić information content (AvgIpc) is 3.40. The maximum Gasteiger partial charge on any atom is 0.246 e. The van der Waals surface area contributed by atoms with Crippen LogP contribution in [0.15, 0.2) is 84.4 Å². The number of phenolic OH excluding ortho intramolecular Hbond substituents is 1. The zero-order valence-corrected chi connectivity index (χ0v) is 24.7. The van der Waals surface area contributed by atoms with Gasteiger partial charge in [0.2, 0.25) is 23.6 Å². The van der Waals surface area contributed by atoms with Gasteiger partial charge in [0.25, 0.3) is 0 Å². The highest BCUT2D eigenvalue weighted by Gasteiger charge is 2.70. The van der Waals surface area contributed by atoms with Crippen LogP contribution in [-0.4, -0.2) is 40.2 Å². The van der Waals surface area contributed by atoms with E-state index in [0.29, 0.717) is 41.2 Å². The van der Waals surface area contributed by atoms with Crippen LogP contribution >= 0.6 is 11.6 Å². The average molecular weight is 613 g/mol. The zero-order chi connectivity index (χ0) is 30.9. The van der Waals surface area contributed by atoms with Gasteiger partial charge in [-0.05, 0) is 66.6 Å². The highest BCUT2D eigenvalue weighted by Crippen LogP contribution is 2.64. The molecule has 2 aliphatic heterocycles. The minimum Gasteiger partial charge on any atom is -0.505 e. The van der Waals surface area contributed by atoms with E-state index in [1.165, 1.54) is 21.9 Å². The van der Waals surface area contributed by atoms with Crippen LogP contribution in [0.25, 0.3) is 0 Å². The molecule has 3 aromatic carbocycles. The molecule has 0 aromatic heterocycles. The van der Waals surface area contributed by atoms with Crippen molar-refractivity contribution < 1.29 is 28.7 Å². The first-order valence-corrected chi connectivity index (χ1v) is 15.3. The number of nitrogens with zero attached hydrogens (tertiary/aromatic N) is 2. The molecule has 7 nitrogen and oxygen atoms in total. The first-order valence-electron chi connectivity index (χ1n) is 14.9. The Morgan fingerprint density at radius 3 is 2.41 bits per heavy atom. The molecule has 2 heterocycles. The molecule has 0 bridgehead atoms. The number of rotatable bonds is 5. The molecule has 3 aromatic rings. The SMILES string of the molecule is CCCN1C(=O)C2CC=C3C(CC4C(=O)N(c5cccc(Cl)c5)C(=O)C4(c4ccccc4)C3c3ccc(O)c(F)c3)C2C1=O. The number of phenols is 1. The van der Waals surface area contributed by atoms with Crippen molar-refractivity contribution >= 4 is 40.9 Å². The normalized spacial score (nSPS) is 29.4. The fraction of sp³-hybridized carbons (Fsp3) is 0.314. The van der Waals surface area contributed by atoms with Gasteiger partial charge in [-0.3, -0.25) is 24.1 Å². The van der Waals surface area contributed by atoms with Crippen LogP contribution in [0.5, 0.6) is 5.75 Å². The number of allylic oxidation sites excluding steroid dienone is 2. The third kappa shape index (κ3) is 3.86. The number of benzene rings is 3. The lowest BCUT2D eigenvalue weighted by Gasteiger charge is -2.50. The van der Waals surface area contributed by atoms with Crippen LogP contribution in [0.4, 0.5) is 10.1 Å². The maximum absolute atomic E-state index is 15.1. The van der Waals surface area contributed by atoms with Gasteiger partial charge in [0.15, 0.2) is 11.6 Å². The van der Waals surface area contributed by atoms with Gasteiger partial charge in [-0.25, -0.2) is 9.29 Å². The fourth-order valence-corrected chi connectivity index (χ4v) is 8.52. The number of imide groups is 2. The smallest absolute Gasteiger partial charge is 0.246 e. The van der Waals surface area contributed by atoms with Crippen LogP contribution in [0.3, 0.4) is 0 Å². The van der Waals surface area contributed by atoms with Gasteiger partial charge < -0.3 is 5.11 Å². The Labute approximate surface area is 258 Å². The summed E-state index contributed by atoms with van der Waals surface area (Å²) in [6.07, 6.45) is 3.02. The molecule has 6 unspecified atom stereocenters. The number of amides is 4. The molecule has 6 atom stereocenters. The molecule has 1 saturated carbocycles. The van der Waals surface area contributed by atoms with E-state index in [1.807, 2.05) is 31.2 Å². The van der Waals surface area contributed by atoms with E-state index in [9.17, 15) is 19.5 Å². The largest absolute Gasteiger partial charge is 0.505 e. The second kappa shape index (κ2) is 10.4. The summed E-state index contributed by atoms with van der Waals surface area (Å²) in [7, 11) is 0. The van der Waals surface area contributed by atoms with Crippen molar-refractivity contribution in [3.8, 4) is 5.75 Å². The molecule has 0 spiro atoms. The van der Waals surface area contributed by atoms with Gasteiger partial charge in [-0.15, -0.1) is 0 Å². The fourth-order valence-electron chi connectivity index (χ4n) is 8.33. The van der Waals surface area contributed by atoms with Gasteiger partial charge in [0.1, 0.15) is 0 Å². The summed E-state index contributed by atoms with van der Waals surface area (Å²) in [5, 5.41) is 10.5. The second-order valence-electron chi connectivity index (χ2n) is 12.1. The molecule has 2 saturated heterocycles. The quantitative estimate of drug-likeness (QED) is 0.292. The summed E-state index contributed by atoms with van der Waals surface area (Å²) in [5.41, 5.74) is 0.566. The zero-order valence-electron chi connectivity index (χ0n) is 24.0. The van der Waals surface area contributed by atoms with Crippen molar-refractivity contribution in [3.05, 3.63) is 106 Å². The summed E-state index contributed by atoms with van der Waals surface area (Å²) in [5.74, 6) is -6.31. The lowest BCUT2D eigenvalue weighted by atomic mass is 9.49. The minimum absolute atomic E-state index is 0.166. The van der Waals surface area contributed by atoms with Crippen molar-refractivity contribution in [1.82, 2.24) is 4.90 Å². The van der Waals surface area contributed by atoms with Crippen molar-refractivity contribution in [3.63, 3.8) is 0 Å². The first-order chi connectivity index (χ1) is 21.2. The molecular formula is C35H30ClFN2O5. The Morgan fingerprint density at radius 2 is 1.70 bits per heavy atom. The lowest BCUT2D eigenvalue weighted by molar-refractivity contribution is -0.140. The predicted octanol–water partition coefficient (Wildman–Crippen LogP) is 5.76. The Morgan fingerprint density at radius 1 is 0.932 bits per heavy atom. The number of halogens is 2. The molecule has 224 valence electrons. The van der Waals surface area contributed by atoms with Gasteiger partial charge in [-0.2, -0.15) is 0 Å². The Hall–Kier alpha value is -4.30. The number of aromatic hydroxyl groups is 1. The topological polar surface area (TPSA) is 95.0 Å². The second-order valence-corrected chi connectivity index (χ2v) is 12.6. The molecule has 1 N–H and O–H groups in total. The number of fused-ring (bicyclic) bond motifs is 4. The highest BCUT2D eigenvalue weighted by molar-refractivity contribution is 6.32. The van der Waals surface area contributed by atoms with E-state index in [0.717, 1.165) is 5.57 Å². The van der Waals surface area contributed by atoms with Crippen LogP contribution < -0.4 is 4.90 Å². The molecule has 44 heavy (non-hydrogen) atoms. The van der Waals surface area contributed by atoms with E-state index < -0.39 is 58.4 Å². The molecule has 0 radical (unpaired) electrons. The summed E-state index contributed by atoms with van der Waals surface area (Å²) in [4.78, 5) is 59.4. The van der Waals surface area contributed by atoms with Gasteiger partial charge in [0, 0.05) is 17.5 Å². The Bertz CT molecular complexity index is 1760. The van der Waals surface area contributed by atoms with E-state index in [1.54, 1.807) is 42.5 Å². The number of anilines is 1. The summed E-state index contributed by atoms with van der Waals surface area (Å²) in [6.45, 7) is 2.22. The van der Waals surface area contributed by atoms with E-state index in [4.69, 9.17) is 11.6 Å². The summed E-state index contributed by atoms with van der Waals surface area (Å²) in [6, 6.07) is 19.6. The van der Waals surface area contributed by atoms with Crippen LogP contribution in [0.1, 0.15) is 43.2 Å². The highest BCUT2D eigenvalue weighted by atomic mass is 35.5. The molecule has 9 heteroatoms. The third-order valence-corrected chi connectivity index (χ3v) is 10.2. The Kier molecular flexibility index (Phi) is 6.73. The molecule has 4 amide bonds. The van der Waals surface area contributed by atoms with Crippen molar-refractivity contribution in [2.24, 2.45) is 23.7 Å².